The highest BCUT2D eigenvalue weighted by atomic mass is 32.2. The van der Waals surface area contributed by atoms with Crippen LogP contribution in [0.4, 0.5) is 0 Å². The van der Waals surface area contributed by atoms with E-state index in [1.54, 1.807) is 23.9 Å². The van der Waals surface area contributed by atoms with E-state index in [-0.39, 0.29) is 11.7 Å². The zero-order valence-corrected chi connectivity index (χ0v) is 11.0. The van der Waals surface area contributed by atoms with Crippen LogP contribution in [0.5, 0.6) is 5.75 Å². The topological polar surface area (TPSA) is 49.3 Å². The number of thioether (sulfide) groups is 1. The lowest BCUT2D eigenvalue weighted by molar-refractivity contribution is 0.0953. The van der Waals surface area contributed by atoms with Gasteiger partial charge in [0, 0.05) is 12.3 Å². The fourth-order valence-corrected chi connectivity index (χ4v) is 2.08. The van der Waals surface area contributed by atoms with Gasteiger partial charge in [0.1, 0.15) is 5.75 Å². The molecule has 0 atom stereocenters. The summed E-state index contributed by atoms with van der Waals surface area (Å²) in [6.07, 6.45) is 1.99. The molecule has 4 heteroatoms. The first-order chi connectivity index (χ1) is 8.72. The van der Waals surface area contributed by atoms with Crippen LogP contribution in [0.3, 0.4) is 0 Å². The Morgan fingerprint density at radius 2 is 1.94 bits per heavy atom. The molecule has 18 heavy (non-hydrogen) atoms. The molecule has 2 N–H and O–H groups in total. The molecule has 0 saturated heterocycles. The number of fused-ring (bicyclic) bond motifs is 1. The third-order valence-electron chi connectivity index (χ3n) is 2.70. The molecule has 0 aromatic heterocycles. The molecule has 2 aromatic rings. The van der Waals surface area contributed by atoms with Gasteiger partial charge in [-0.3, -0.25) is 4.79 Å². The van der Waals surface area contributed by atoms with Crippen LogP contribution in [-0.2, 0) is 0 Å². The minimum Gasteiger partial charge on any atom is -0.507 e. The van der Waals surface area contributed by atoms with Crippen LogP contribution in [0.15, 0.2) is 36.4 Å². The highest BCUT2D eigenvalue weighted by Gasteiger charge is 2.11. The fraction of sp³-hybridized carbons (Fsp3) is 0.214. The molecule has 0 aliphatic heterocycles. The number of rotatable bonds is 4. The van der Waals surface area contributed by atoms with Gasteiger partial charge in [-0.2, -0.15) is 11.8 Å². The number of carbonyl (C=O) groups excluding carboxylic acids is 1. The molecule has 2 aromatic carbocycles. The van der Waals surface area contributed by atoms with Gasteiger partial charge in [0.05, 0.1) is 5.56 Å². The number of aromatic hydroxyl groups is 1. The lowest BCUT2D eigenvalue weighted by Crippen LogP contribution is -2.25. The number of hydrogen-bond acceptors (Lipinski definition) is 3. The van der Waals surface area contributed by atoms with Crippen LogP contribution in [0.1, 0.15) is 10.4 Å². The molecule has 0 fully saturated rings. The van der Waals surface area contributed by atoms with Crippen LogP contribution in [0.25, 0.3) is 10.8 Å². The van der Waals surface area contributed by atoms with Gasteiger partial charge in [-0.15, -0.1) is 0 Å². The molecule has 3 nitrogen and oxygen atoms in total. The third-order valence-corrected chi connectivity index (χ3v) is 3.31. The van der Waals surface area contributed by atoms with Gasteiger partial charge in [-0.1, -0.05) is 24.3 Å². The second kappa shape index (κ2) is 5.78. The molecule has 0 saturated carbocycles. The average Bonchev–Trinajstić information content (AvgIpc) is 2.38. The number of carbonyl (C=O) groups is 1. The summed E-state index contributed by atoms with van der Waals surface area (Å²) < 4.78 is 0. The van der Waals surface area contributed by atoms with Crippen LogP contribution in [0, 0.1) is 0 Å². The Balaban J connectivity index is 2.27. The Labute approximate surface area is 110 Å². The van der Waals surface area contributed by atoms with E-state index < -0.39 is 0 Å². The third kappa shape index (κ3) is 2.76. The first kappa shape index (κ1) is 12.8. The molecule has 1 amide bonds. The maximum absolute atomic E-state index is 11.9. The maximum Gasteiger partial charge on any atom is 0.255 e. The maximum atomic E-state index is 11.9. The smallest absolute Gasteiger partial charge is 0.255 e. The zero-order chi connectivity index (χ0) is 13.0. The Kier molecular flexibility index (Phi) is 4.10. The van der Waals surface area contributed by atoms with Crippen LogP contribution < -0.4 is 5.32 Å². The minimum absolute atomic E-state index is 0.0235. The first-order valence-corrected chi connectivity index (χ1v) is 7.10. The van der Waals surface area contributed by atoms with Crippen LogP contribution >= 0.6 is 11.8 Å². The van der Waals surface area contributed by atoms with E-state index >= 15 is 0 Å². The molecule has 94 valence electrons. The highest BCUT2D eigenvalue weighted by Crippen LogP contribution is 2.24. The quantitative estimate of drug-likeness (QED) is 0.832. The van der Waals surface area contributed by atoms with Gasteiger partial charge in [0.25, 0.3) is 5.91 Å². The molecule has 0 aliphatic carbocycles. The molecule has 0 heterocycles. The summed E-state index contributed by atoms with van der Waals surface area (Å²) in [7, 11) is 0. The second-order valence-corrected chi connectivity index (χ2v) is 4.95. The number of amides is 1. The second-order valence-electron chi connectivity index (χ2n) is 3.97. The predicted octanol–water partition coefficient (Wildman–Crippen LogP) is 2.64. The molecular weight excluding hydrogens is 246 g/mol. The van der Waals surface area contributed by atoms with Crippen molar-refractivity contribution in [2.75, 3.05) is 18.6 Å². The van der Waals surface area contributed by atoms with Gasteiger partial charge in [0.15, 0.2) is 0 Å². The standard InChI is InChI=1S/C14H15NO2S/c1-18-7-6-15-14(17)12-8-10-4-2-3-5-11(10)9-13(12)16/h2-5,8-9,16H,6-7H2,1H3,(H,15,17). The van der Waals surface area contributed by atoms with E-state index in [1.807, 2.05) is 30.5 Å². The van der Waals surface area contributed by atoms with Crippen molar-refractivity contribution in [3.8, 4) is 5.75 Å². The monoisotopic (exact) mass is 261 g/mol. The van der Waals surface area contributed by atoms with Crippen LogP contribution in [0.2, 0.25) is 0 Å². The lowest BCUT2D eigenvalue weighted by atomic mass is 10.1. The number of phenols is 1. The van der Waals surface area contributed by atoms with Crippen molar-refractivity contribution < 1.29 is 9.90 Å². The Morgan fingerprint density at radius 1 is 1.28 bits per heavy atom. The van der Waals surface area contributed by atoms with Gasteiger partial charge < -0.3 is 10.4 Å². The summed E-state index contributed by atoms with van der Waals surface area (Å²) in [5, 5.41) is 14.5. The van der Waals surface area contributed by atoms with Gasteiger partial charge in [-0.25, -0.2) is 0 Å². The van der Waals surface area contributed by atoms with E-state index in [0.29, 0.717) is 12.1 Å². The Morgan fingerprint density at radius 3 is 2.61 bits per heavy atom. The largest absolute Gasteiger partial charge is 0.507 e. The van der Waals surface area contributed by atoms with Crippen molar-refractivity contribution in [2.24, 2.45) is 0 Å². The van der Waals surface area contributed by atoms with Gasteiger partial charge in [0.2, 0.25) is 0 Å². The van der Waals surface area contributed by atoms with E-state index in [2.05, 4.69) is 5.32 Å². The predicted molar refractivity (Wildman–Crippen MR) is 76.3 cm³/mol. The Hall–Kier alpha value is -1.68. The van der Waals surface area contributed by atoms with Gasteiger partial charge >= 0.3 is 0 Å². The molecule has 0 unspecified atom stereocenters. The average molecular weight is 261 g/mol. The number of benzene rings is 2. The molecule has 0 bridgehead atoms. The fourth-order valence-electron chi connectivity index (χ4n) is 1.77. The SMILES string of the molecule is CSCCNC(=O)c1cc2ccccc2cc1O. The minimum atomic E-state index is -0.229. The molecule has 0 radical (unpaired) electrons. The number of phenolic OH excluding ortho intramolecular Hbond substituents is 1. The Bertz CT molecular complexity index is 569. The van der Waals surface area contributed by atoms with Crippen molar-refractivity contribution >= 4 is 28.4 Å². The van der Waals surface area contributed by atoms with E-state index in [4.69, 9.17) is 0 Å². The van der Waals surface area contributed by atoms with E-state index in [0.717, 1.165) is 16.5 Å². The summed E-state index contributed by atoms with van der Waals surface area (Å²) >= 11 is 1.67. The molecule has 0 spiro atoms. The number of nitrogens with one attached hydrogen (secondary N) is 1. The lowest BCUT2D eigenvalue weighted by Gasteiger charge is -2.07. The van der Waals surface area contributed by atoms with E-state index in [1.165, 1.54) is 0 Å². The summed E-state index contributed by atoms with van der Waals surface area (Å²) in [6, 6.07) is 11.0. The summed E-state index contributed by atoms with van der Waals surface area (Å²) in [5.41, 5.74) is 0.329. The van der Waals surface area contributed by atoms with E-state index in [9.17, 15) is 9.90 Å². The van der Waals surface area contributed by atoms with Crippen molar-refractivity contribution in [1.29, 1.82) is 0 Å². The summed E-state index contributed by atoms with van der Waals surface area (Å²) in [4.78, 5) is 11.9. The molecular formula is C14H15NO2S. The molecule has 0 aliphatic rings. The summed E-state index contributed by atoms with van der Waals surface area (Å²) in [6.45, 7) is 0.603. The van der Waals surface area contributed by atoms with Crippen molar-refractivity contribution in [1.82, 2.24) is 5.32 Å². The highest BCUT2D eigenvalue weighted by molar-refractivity contribution is 7.98. The van der Waals surface area contributed by atoms with Crippen molar-refractivity contribution in [3.05, 3.63) is 42.0 Å². The summed E-state index contributed by atoms with van der Waals surface area (Å²) in [5.74, 6) is 0.655. The first-order valence-electron chi connectivity index (χ1n) is 5.71. The molecule has 2 rings (SSSR count). The number of hydrogen-bond donors (Lipinski definition) is 2. The van der Waals surface area contributed by atoms with Crippen LogP contribution in [-0.4, -0.2) is 29.6 Å². The van der Waals surface area contributed by atoms with Crippen molar-refractivity contribution in [2.45, 2.75) is 0 Å². The normalized spacial score (nSPS) is 10.5. The zero-order valence-electron chi connectivity index (χ0n) is 10.1. The van der Waals surface area contributed by atoms with Crippen molar-refractivity contribution in [3.63, 3.8) is 0 Å². The van der Waals surface area contributed by atoms with Gasteiger partial charge in [-0.05, 0) is 29.2 Å².